The number of rotatable bonds is 2. The van der Waals surface area contributed by atoms with E-state index in [-0.39, 0.29) is 0 Å². The summed E-state index contributed by atoms with van der Waals surface area (Å²) in [6.07, 6.45) is 0. The second-order valence-corrected chi connectivity index (χ2v) is 8.39. The topological polar surface area (TPSA) is 13.1 Å². The summed E-state index contributed by atoms with van der Waals surface area (Å²) in [4.78, 5) is 0. The molecular formula is C27H17BrO. The van der Waals surface area contributed by atoms with Crippen LogP contribution in [0.25, 0.3) is 22.1 Å². The number of benzene rings is 4. The van der Waals surface area contributed by atoms with E-state index in [1.807, 2.05) is 6.07 Å². The minimum atomic E-state index is -0.490. The number of halogens is 1. The van der Waals surface area contributed by atoms with E-state index in [0.717, 1.165) is 15.8 Å². The second kappa shape index (κ2) is 6.20. The lowest BCUT2D eigenvalue weighted by Crippen LogP contribution is -2.28. The Hall–Kier alpha value is -3.10. The Bertz CT molecular complexity index is 1310. The number of para-hydroxylation sites is 1. The van der Waals surface area contributed by atoms with E-state index >= 15 is 0 Å². The van der Waals surface area contributed by atoms with Gasteiger partial charge in [-0.05, 0) is 40.5 Å². The SMILES string of the molecule is Brc1ccc2c(c1)C(c1ccccc1)(c1ccccc1)c1oc3ccccc3c1-2. The number of hydrogen-bond acceptors (Lipinski definition) is 1. The van der Waals surface area contributed by atoms with E-state index in [0.29, 0.717) is 0 Å². The standard InChI is InChI=1S/C27H17BrO/c28-20-15-16-21-23(17-20)27(18-9-3-1-4-10-18,19-11-5-2-6-12-19)26-25(21)22-13-7-8-14-24(22)29-26/h1-17H. The third kappa shape index (κ3) is 2.21. The van der Waals surface area contributed by atoms with Crippen LogP contribution < -0.4 is 0 Å². The molecule has 1 aliphatic carbocycles. The highest BCUT2D eigenvalue weighted by molar-refractivity contribution is 9.10. The maximum atomic E-state index is 6.64. The zero-order valence-corrected chi connectivity index (χ0v) is 17.2. The van der Waals surface area contributed by atoms with Crippen molar-refractivity contribution in [2.45, 2.75) is 5.41 Å². The predicted molar refractivity (Wildman–Crippen MR) is 121 cm³/mol. The van der Waals surface area contributed by atoms with Gasteiger partial charge in [-0.25, -0.2) is 0 Å². The molecule has 0 atom stereocenters. The van der Waals surface area contributed by atoms with Crippen molar-refractivity contribution in [1.29, 1.82) is 0 Å². The van der Waals surface area contributed by atoms with E-state index in [2.05, 4.69) is 113 Å². The Labute approximate surface area is 177 Å². The van der Waals surface area contributed by atoms with Crippen molar-refractivity contribution in [3.8, 4) is 11.1 Å². The molecule has 2 heteroatoms. The number of furan rings is 1. The van der Waals surface area contributed by atoms with Crippen LogP contribution in [0.2, 0.25) is 0 Å². The molecule has 0 aliphatic heterocycles. The average molecular weight is 437 g/mol. The highest BCUT2D eigenvalue weighted by Gasteiger charge is 2.50. The predicted octanol–water partition coefficient (Wildman–Crippen LogP) is 7.56. The molecule has 138 valence electrons. The molecule has 1 nitrogen and oxygen atoms in total. The van der Waals surface area contributed by atoms with Crippen LogP contribution in [0.3, 0.4) is 0 Å². The quantitative estimate of drug-likeness (QED) is 0.273. The van der Waals surface area contributed by atoms with Crippen molar-refractivity contribution in [2.75, 3.05) is 0 Å². The summed E-state index contributed by atoms with van der Waals surface area (Å²) in [6.45, 7) is 0. The normalized spacial score (nSPS) is 14.0. The second-order valence-electron chi connectivity index (χ2n) is 7.47. The zero-order chi connectivity index (χ0) is 19.4. The van der Waals surface area contributed by atoms with Crippen LogP contribution in [0, 0.1) is 0 Å². The first-order valence-electron chi connectivity index (χ1n) is 9.73. The maximum Gasteiger partial charge on any atom is 0.135 e. The number of hydrogen-bond donors (Lipinski definition) is 0. The molecule has 0 saturated heterocycles. The molecule has 1 heterocycles. The van der Waals surface area contributed by atoms with Gasteiger partial charge in [-0.15, -0.1) is 0 Å². The van der Waals surface area contributed by atoms with Crippen molar-refractivity contribution < 1.29 is 4.42 Å². The van der Waals surface area contributed by atoms with Gasteiger partial charge in [0.2, 0.25) is 0 Å². The van der Waals surface area contributed by atoms with Crippen LogP contribution in [0.4, 0.5) is 0 Å². The molecule has 4 aromatic carbocycles. The first kappa shape index (κ1) is 16.8. The first-order valence-corrected chi connectivity index (χ1v) is 10.5. The number of fused-ring (bicyclic) bond motifs is 5. The highest BCUT2D eigenvalue weighted by atomic mass is 79.9. The van der Waals surface area contributed by atoms with Gasteiger partial charge in [0.25, 0.3) is 0 Å². The van der Waals surface area contributed by atoms with Crippen molar-refractivity contribution in [3.63, 3.8) is 0 Å². The Balaban J connectivity index is 1.86. The molecule has 0 fully saturated rings. The summed E-state index contributed by atoms with van der Waals surface area (Å²) in [5.74, 6) is 1.00. The van der Waals surface area contributed by atoms with Gasteiger partial charge in [0.15, 0.2) is 0 Å². The van der Waals surface area contributed by atoms with Gasteiger partial charge in [-0.2, -0.15) is 0 Å². The molecule has 0 radical (unpaired) electrons. The fraction of sp³-hybridized carbons (Fsp3) is 0.0370. The van der Waals surface area contributed by atoms with Gasteiger partial charge in [0.05, 0.1) is 0 Å². The summed E-state index contributed by atoms with van der Waals surface area (Å²) >= 11 is 3.71. The third-order valence-corrected chi connectivity index (χ3v) is 6.50. The first-order chi connectivity index (χ1) is 14.3. The van der Waals surface area contributed by atoms with Crippen molar-refractivity contribution >= 4 is 26.9 Å². The summed E-state index contributed by atoms with van der Waals surface area (Å²) in [5.41, 5.74) is 6.56. The largest absolute Gasteiger partial charge is 0.459 e. The molecule has 0 spiro atoms. The average Bonchev–Trinajstić information content (AvgIpc) is 3.28. The van der Waals surface area contributed by atoms with Crippen molar-refractivity contribution in [3.05, 3.63) is 130 Å². The fourth-order valence-corrected chi connectivity index (χ4v) is 5.22. The molecule has 6 rings (SSSR count). The summed E-state index contributed by atoms with van der Waals surface area (Å²) < 4.78 is 7.71. The molecule has 29 heavy (non-hydrogen) atoms. The van der Waals surface area contributed by atoms with Crippen molar-refractivity contribution in [1.82, 2.24) is 0 Å². The molecule has 0 unspecified atom stereocenters. The zero-order valence-electron chi connectivity index (χ0n) is 15.6. The van der Waals surface area contributed by atoms with Crippen LogP contribution >= 0.6 is 15.9 Å². The van der Waals surface area contributed by atoms with Crippen LogP contribution in [-0.4, -0.2) is 0 Å². The molecule has 0 saturated carbocycles. The van der Waals surface area contributed by atoms with Crippen LogP contribution in [0.5, 0.6) is 0 Å². The van der Waals surface area contributed by atoms with Crippen LogP contribution in [-0.2, 0) is 5.41 Å². The lowest BCUT2D eigenvalue weighted by Gasteiger charge is -2.31. The van der Waals surface area contributed by atoms with Crippen molar-refractivity contribution in [2.24, 2.45) is 0 Å². The monoisotopic (exact) mass is 436 g/mol. The van der Waals surface area contributed by atoms with Gasteiger partial charge < -0.3 is 4.42 Å². The van der Waals surface area contributed by atoms with Crippen LogP contribution in [0.1, 0.15) is 22.5 Å². The lowest BCUT2D eigenvalue weighted by atomic mass is 9.70. The summed E-state index contributed by atoms with van der Waals surface area (Å²) in [6, 6.07) is 36.3. The smallest absolute Gasteiger partial charge is 0.135 e. The molecule has 0 bridgehead atoms. The maximum absolute atomic E-state index is 6.64. The van der Waals surface area contributed by atoms with E-state index in [9.17, 15) is 0 Å². The molecule has 5 aromatic rings. The molecule has 1 aromatic heterocycles. The van der Waals surface area contributed by atoms with E-state index in [4.69, 9.17) is 4.42 Å². The third-order valence-electron chi connectivity index (χ3n) is 6.00. The lowest BCUT2D eigenvalue weighted by molar-refractivity contribution is 0.502. The molecule has 0 amide bonds. The van der Waals surface area contributed by atoms with E-state index in [1.54, 1.807) is 0 Å². The highest BCUT2D eigenvalue weighted by Crippen LogP contribution is 2.59. The summed E-state index contributed by atoms with van der Waals surface area (Å²) in [5, 5.41) is 1.17. The minimum Gasteiger partial charge on any atom is -0.459 e. The molecule has 0 N–H and O–H groups in total. The minimum absolute atomic E-state index is 0.490. The summed E-state index contributed by atoms with van der Waals surface area (Å²) in [7, 11) is 0. The van der Waals surface area contributed by atoms with Gasteiger partial charge in [0, 0.05) is 15.4 Å². The van der Waals surface area contributed by atoms with Gasteiger partial charge in [-0.1, -0.05) is 101 Å². The van der Waals surface area contributed by atoms with Crippen LogP contribution in [0.15, 0.2) is 112 Å². The van der Waals surface area contributed by atoms with E-state index < -0.39 is 5.41 Å². The Morgan fingerprint density at radius 3 is 1.97 bits per heavy atom. The molecule has 1 aliphatic rings. The van der Waals surface area contributed by atoms with Gasteiger partial charge in [-0.3, -0.25) is 0 Å². The van der Waals surface area contributed by atoms with Gasteiger partial charge >= 0.3 is 0 Å². The molecular weight excluding hydrogens is 420 g/mol. The Kier molecular flexibility index (Phi) is 3.60. The fourth-order valence-electron chi connectivity index (χ4n) is 4.86. The van der Waals surface area contributed by atoms with Gasteiger partial charge in [0.1, 0.15) is 16.8 Å². The Morgan fingerprint density at radius 1 is 0.655 bits per heavy atom. The van der Waals surface area contributed by atoms with E-state index in [1.165, 1.54) is 33.2 Å². The Morgan fingerprint density at radius 2 is 1.28 bits per heavy atom.